The Kier molecular flexibility index (Phi) is 6.55. The van der Waals surface area contributed by atoms with E-state index < -0.39 is 23.5 Å². The maximum Gasteiger partial charge on any atom is 0.295 e. The lowest BCUT2D eigenvalue weighted by molar-refractivity contribution is -0.139. The third-order valence-corrected chi connectivity index (χ3v) is 4.90. The molecule has 6 heteroatoms. The molecule has 3 rings (SSSR count). The molecule has 0 saturated carbocycles. The van der Waals surface area contributed by atoms with Gasteiger partial charge in [0.25, 0.3) is 11.7 Å². The molecule has 30 heavy (non-hydrogen) atoms. The van der Waals surface area contributed by atoms with Crippen molar-refractivity contribution in [2.75, 3.05) is 13.2 Å². The molecule has 1 saturated heterocycles. The number of halogens is 1. The predicted molar refractivity (Wildman–Crippen MR) is 112 cm³/mol. The second-order valence-corrected chi connectivity index (χ2v) is 7.77. The lowest BCUT2D eigenvalue weighted by Gasteiger charge is -2.24. The summed E-state index contributed by atoms with van der Waals surface area (Å²) < 4.78 is 19.1. The standard InChI is InChI=1S/C24H26FNO4/c1-4-13-26-21(16-5-9-18(25)10-6-16)20(23(28)24(26)29)22(27)17-7-11-19(12-8-17)30-14-15(2)3/h5-12,15,21,27H,4,13-14H2,1-3H3/b22-20-. The van der Waals surface area contributed by atoms with Crippen LogP contribution >= 0.6 is 0 Å². The molecule has 1 unspecified atom stereocenters. The van der Waals surface area contributed by atoms with E-state index in [0.717, 1.165) is 0 Å². The summed E-state index contributed by atoms with van der Waals surface area (Å²) in [6.45, 7) is 6.91. The highest BCUT2D eigenvalue weighted by Crippen LogP contribution is 2.39. The molecular formula is C24H26FNO4. The Morgan fingerprint density at radius 1 is 1.10 bits per heavy atom. The van der Waals surface area contributed by atoms with Crippen LogP contribution < -0.4 is 4.74 Å². The van der Waals surface area contributed by atoms with Gasteiger partial charge in [-0.2, -0.15) is 0 Å². The van der Waals surface area contributed by atoms with E-state index in [1.165, 1.54) is 29.2 Å². The summed E-state index contributed by atoms with van der Waals surface area (Å²) in [6, 6.07) is 11.6. The Bertz CT molecular complexity index is 948. The van der Waals surface area contributed by atoms with Gasteiger partial charge >= 0.3 is 0 Å². The molecule has 1 fully saturated rings. The molecule has 1 atom stereocenters. The summed E-state index contributed by atoms with van der Waals surface area (Å²) in [4.78, 5) is 26.9. The number of Topliss-reactive ketones (excluding diaryl/α,β-unsaturated/α-hetero) is 1. The van der Waals surface area contributed by atoms with Crippen molar-refractivity contribution in [3.63, 3.8) is 0 Å². The normalized spacial score (nSPS) is 18.3. The lowest BCUT2D eigenvalue weighted by Crippen LogP contribution is -2.30. The topological polar surface area (TPSA) is 66.8 Å². The van der Waals surface area contributed by atoms with Crippen molar-refractivity contribution in [2.45, 2.75) is 33.2 Å². The number of carbonyl (C=O) groups is 2. The van der Waals surface area contributed by atoms with Gasteiger partial charge in [-0.3, -0.25) is 9.59 Å². The highest BCUT2D eigenvalue weighted by molar-refractivity contribution is 6.46. The molecule has 158 valence electrons. The van der Waals surface area contributed by atoms with Crippen molar-refractivity contribution in [2.24, 2.45) is 5.92 Å². The van der Waals surface area contributed by atoms with E-state index in [-0.39, 0.29) is 11.3 Å². The van der Waals surface area contributed by atoms with Crippen LogP contribution in [0.1, 0.15) is 44.4 Å². The molecule has 1 aliphatic rings. The van der Waals surface area contributed by atoms with Crippen LogP contribution in [-0.4, -0.2) is 34.8 Å². The molecule has 1 heterocycles. The number of hydrogen-bond acceptors (Lipinski definition) is 4. The van der Waals surface area contributed by atoms with Crippen LogP contribution in [0, 0.1) is 11.7 Å². The van der Waals surface area contributed by atoms with Crippen molar-refractivity contribution in [3.05, 3.63) is 71.0 Å². The average molecular weight is 411 g/mol. The summed E-state index contributed by atoms with van der Waals surface area (Å²) in [5, 5.41) is 11.0. The van der Waals surface area contributed by atoms with Gasteiger partial charge in [0.05, 0.1) is 18.2 Å². The van der Waals surface area contributed by atoms with Crippen LogP contribution in [0.25, 0.3) is 5.76 Å². The Labute approximate surface area is 175 Å². The van der Waals surface area contributed by atoms with Gasteiger partial charge in [-0.1, -0.05) is 32.9 Å². The lowest BCUT2D eigenvalue weighted by atomic mass is 9.95. The van der Waals surface area contributed by atoms with Gasteiger partial charge in [0, 0.05) is 12.1 Å². The van der Waals surface area contributed by atoms with Crippen LogP contribution in [0.15, 0.2) is 54.1 Å². The molecule has 0 aliphatic carbocycles. The molecule has 1 aliphatic heterocycles. The van der Waals surface area contributed by atoms with Crippen LogP contribution in [0.4, 0.5) is 4.39 Å². The number of aliphatic hydroxyl groups excluding tert-OH is 1. The first-order valence-electron chi connectivity index (χ1n) is 10.1. The first-order valence-corrected chi connectivity index (χ1v) is 10.1. The summed E-state index contributed by atoms with van der Waals surface area (Å²) in [7, 11) is 0. The van der Waals surface area contributed by atoms with Gasteiger partial charge in [0.2, 0.25) is 0 Å². The van der Waals surface area contributed by atoms with Gasteiger partial charge in [0.1, 0.15) is 17.3 Å². The third-order valence-electron chi connectivity index (χ3n) is 4.90. The molecule has 1 N–H and O–H groups in total. The zero-order valence-corrected chi connectivity index (χ0v) is 17.4. The first-order chi connectivity index (χ1) is 14.3. The zero-order valence-electron chi connectivity index (χ0n) is 17.4. The minimum atomic E-state index is -0.762. The Balaban J connectivity index is 2.02. The van der Waals surface area contributed by atoms with E-state index in [1.54, 1.807) is 24.3 Å². The van der Waals surface area contributed by atoms with Crippen LogP contribution in [-0.2, 0) is 9.59 Å². The minimum absolute atomic E-state index is 0.0101. The summed E-state index contributed by atoms with van der Waals surface area (Å²) in [6.07, 6.45) is 0.645. The Morgan fingerprint density at radius 2 is 1.73 bits per heavy atom. The van der Waals surface area contributed by atoms with Crippen molar-refractivity contribution in [1.82, 2.24) is 4.90 Å². The van der Waals surface area contributed by atoms with E-state index >= 15 is 0 Å². The number of amides is 1. The number of nitrogens with zero attached hydrogens (tertiary/aromatic N) is 1. The van der Waals surface area contributed by atoms with Gasteiger partial charge in [0.15, 0.2) is 0 Å². The molecule has 0 spiro atoms. The minimum Gasteiger partial charge on any atom is -0.507 e. The van der Waals surface area contributed by atoms with Crippen molar-refractivity contribution in [1.29, 1.82) is 0 Å². The van der Waals surface area contributed by atoms with Crippen LogP contribution in [0.2, 0.25) is 0 Å². The van der Waals surface area contributed by atoms with Crippen molar-refractivity contribution >= 4 is 17.4 Å². The van der Waals surface area contributed by atoms with E-state index in [9.17, 15) is 19.1 Å². The number of likely N-dealkylation sites (tertiary alicyclic amines) is 1. The SMILES string of the molecule is CCCN1C(=O)C(=O)/C(=C(\O)c2ccc(OCC(C)C)cc2)C1c1ccc(F)cc1. The highest BCUT2D eigenvalue weighted by Gasteiger charge is 2.45. The monoisotopic (exact) mass is 411 g/mol. The highest BCUT2D eigenvalue weighted by atomic mass is 19.1. The zero-order chi connectivity index (χ0) is 21.8. The number of carbonyl (C=O) groups excluding carboxylic acids is 2. The number of benzene rings is 2. The molecule has 5 nitrogen and oxygen atoms in total. The molecule has 0 aromatic heterocycles. The summed E-state index contributed by atoms with van der Waals surface area (Å²) >= 11 is 0. The average Bonchev–Trinajstić information content (AvgIpc) is 2.98. The third kappa shape index (κ3) is 4.37. The fourth-order valence-electron chi connectivity index (χ4n) is 3.47. The molecular weight excluding hydrogens is 385 g/mol. The first kappa shape index (κ1) is 21.6. The van der Waals surface area contributed by atoms with Gasteiger partial charge in [-0.25, -0.2) is 4.39 Å². The second-order valence-electron chi connectivity index (χ2n) is 7.77. The number of aliphatic hydroxyl groups is 1. The van der Waals surface area contributed by atoms with Gasteiger partial charge in [-0.15, -0.1) is 0 Å². The largest absolute Gasteiger partial charge is 0.507 e. The van der Waals surface area contributed by atoms with E-state index in [1.807, 2.05) is 20.8 Å². The molecule has 2 aromatic carbocycles. The number of ketones is 1. The van der Waals surface area contributed by atoms with Crippen LogP contribution in [0.5, 0.6) is 5.75 Å². The van der Waals surface area contributed by atoms with Crippen molar-refractivity contribution in [3.8, 4) is 5.75 Å². The second kappa shape index (κ2) is 9.11. The smallest absolute Gasteiger partial charge is 0.295 e. The summed E-state index contributed by atoms with van der Waals surface area (Å²) in [5.74, 6) is -1.04. The molecule has 0 bridgehead atoms. The Morgan fingerprint density at radius 3 is 2.30 bits per heavy atom. The fourth-order valence-corrected chi connectivity index (χ4v) is 3.47. The molecule has 2 aromatic rings. The van der Waals surface area contributed by atoms with E-state index in [0.29, 0.717) is 42.4 Å². The van der Waals surface area contributed by atoms with Crippen LogP contribution in [0.3, 0.4) is 0 Å². The maximum absolute atomic E-state index is 13.4. The number of hydrogen-bond donors (Lipinski definition) is 1. The number of ether oxygens (including phenoxy) is 1. The molecule has 1 amide bonds. The van der Waals surface area contributed by atoms with E-state index in [2.05, 4.69) is 0 Å². The summed E-state index contributed by atoms with van der Waals surface area (Å²) in [5.41, 5.74) is 0.993. The quantitative estimate of drug-likeness (QED) is 0.408. The van der Waals surface area contributed by atoms with Gasteiger partial charge < -0.3 is 14.7 Å². The number of rotatable bonds is 7. The molecule has 0 radical (unpaired) electrons. The Hall–Kier alpha value is -3.15. The van der Waals surface area contributed by atoms with E-state index in [4.69, 9.17) is 4.74 Å². The fraction of sp³-hybridized carbons (Fsp3) is 0.333. The predicted octanol–water partition coefficient (Wildman–Crippen LogP) is 4.69. The van der Waals surface area contributed by atoms with Gasteiger partial charge in [-0.05, 0) is 54.3 Å². The van der Waals surface area contributed by atoms with Crippen molar-refractivity contribution < 1.29 is 23.8 Å². The maximum atomic E-state index is 13.4.